The molecule has 2 aliphatic rings. The molecule has 1 saturated heterocycles. The molecule has 1 saturated carbocycles. The Morgan fingerprint density at radius 2 is 2.03 bits per heavy atom. The summed E-state index contributed by atoms with van der Waals surface area (Å²) in [6.07, 6.45) is 7.04. The van der Waals surface area contributed by atoms with Crippen LogP contribution in [0.25, 0.3) is 5.65 Å². The molecule has 9 nitrogen and oxygen atoms in total. The van der Waals surface area contributed by atoms with E-state index in [9.17, 15) is 4.79 Å². The van der Waals surface area contributed by atoms with Gasteiger partial charge in [0.1, 0.15) is 10.7 Å². The molecule has 0 spiro atoms. The van der Waals surface area contributed by atoms with Crippen molar-refractivity contribution in [2.45, 2.75) is 41.1 Å². The Labute approximate surface area is 194 Å². The first-order chi connectivity index (χ1) is 16.2. The molecule has 1 atom stereocenters. The Balaban J connectivity index is 1.19. The van der Waals surface area contributed by atoms with Crippen LogP contribution >= 0.6 is 11.8 Å². The van der Waals surface area contributed by atoms with Crippen LogP contribution in [0.4, 0.5) is 11.8 Å². The van der Waals surface area contributed by atoms with Crippen LogP contribution in [0, 0.1) is 0 Å². The summed E-state index contributed by atoms with van der Waals surface area (Å²) >= 11 is 1.53. The molecule has 1 amide bonds. The predicted octanol–water partition coefficient (Wildman–Crippen LogP) is 3.32. The maximum atomic E-state index is 12.5. The van der Waals surface area contributed by atoms with Crippen LogP contribution < -0.4 is 16.0 Å². The van der Waals surface area contributed by atoms with Gasteiger partial charge in [0.2, 0.25) is 5.95 Å². The molecular formula is C23H24N8OS. The van der Waals surface area contributed by atoms with Crippen LogP contribution in [0.3, 0.4) is 0 Å². The average Bonchev–Trinajstić information content (AvgIpc) is 3.19. The summed E-state index contributed by atoms with van der Waals surface area (Å²) < 4.78 is 1.90. The smallest absolute Gasteiger partial charge is 0.251 e. The summed E-state index contributed by atoms with van der Waals surface area (Å²) in [5.74, 6) is 1.97. The van der Waals surface area contributed by atoms with E-state index in [4.69, 9.17) is 4.98 Å². The third-order valence-electron chi connectivity index (χ3n) is 5.96. The number of nitrogens with zero attached hydrogens (tertiary/aromatic N) is 4. The van der Waals surface area contributed by atoms with E-state index in [0.717, 1.165) is 40.9 Å². The number of benzene rings is 1. The number of amides is 1. The summed E-state index contributed by atoms with van der Waals surface area (Å²) in [5, 5.41) is 18.0. The largest absolute Gasteiger partial charge is 0.348 e. The van der Waals surface area contributed by atoms with E-state index in [1.807, 2.05) is 47.0 Å². The summed E-state index contributed by atoms with van der Waals surface area (Å²) in [6, 6.07) is 11.8. The maximum absolute atomic E-state index is 12.5. The Morgan fingerprint density at radius 3 is 2.82 bits per heavy atom. The molecule has 0 bridgehead atoms. The molecule has 2 fully saturated rings. The number of rotatable bonds is 7. The molecule has 33 heavy (non-hydrogen) atoms. The molecule has 6 rings (SSSR count). The maximum Gasteiger partial charge on any atom is 0.251 e. The van der Waals surface area contributed by atoms with E-state index in [0.29, 0.717) is 17.4 Å². The van der Waals surface area contributed by atoms with Crippen LogP contribution in [0.1, 0.15) is 41.2 Å². The molecule has 4 aromatic rings. The number of nitrogens with one attached hydrogen (secondary N) is 4. The zero-order chi connectivity index (χ0) is 22.2. The van der Waals surface area contributed by atoms with Crippen molar-refractivity contribution >= 4 is 35.1 Å². The van der Waals surface area contributed by atoms with Gasteiger partial charge in [0, 0.05) is 59.2 Å². The van der Waals surface area contributed by atoms with Gasteiger partial charge in [-0.05, 0) is 50.1 Å². The molecule has 1 aromatic carbocycles. The normalized spacial score (nSPS) is 18.0. The molecule has 168 valence electrons. The quantitative estimate of drug-likeness (QED) is 0.313. The highest BCUT2D eigenvalue weighted by molar-refractivity contribution is 7.99. The fourth-order valence-electron chi connectivity index (χ4n) is 4.00. The van der Waals surface area contributed by atoms with Gasteiger partial charge in [-0.3, -0.25) is 14.3 Å². The molecule has 1 aliphatic heterocycles. The van der Waals surface area contributed by atoms with Gasteiger partial charge >= 0.3 is 0 Å². The summed E-state index contributed by atoms with van der Waals surface area (Å²) in [4.78, 5) is 22.7. The van der Waals surface area contributed by atoms with Gasteiger partial charge in [-0.1, -0.05) is 11.8 Å². The average molecular weight is 461 g/mol. The van der Waals surface area contributed by atoms with Gasteiger partial charge in [0.15, 0.2) is 5.82 Å². The monoisotopic (exact) mass is 460 g/mol. The zero-order valence-corrected chi connectivity index (χ0v) is 18.7. The number of imidazole rings is 1. The summed E-state index contributed by atoms with van der Waals surface area (Å²) in [6.45, 7) is 1.78. The van der Waals surface area contributed by atoms with Gasteiger partial charge in [0.05, 0.1) is 0 Å². The first-order valence-electron chi connectivity index (χ1n) is 11.2. The van der Waals surface area contributed by atoms with Crippen molar-refractivity contribution in [1.82, 2.24) is 35.2 Å². The Kier molecular flexibility index (Phi) is 5.23. The lowest BCUT2D eigenvalue weighted by Gasteiger charge is -2.11. The lowest BCUT2D eigenvalue weighted by atomic mass is 10.2. The second-order valence-corrected chi connectivity index (χ2v) is 9.56. The van der Waals surface area contributed by atoms with Gasteiger partial charge in [-0.15, -0.1) is 0 Å². The molecular weight excluding hydrogens is 436 g/mol. The number of carbonyl (C=O) groups excluding carboxylic acids is 1. The predicted molar refractivity (Wildman–Crippen MR) is 126 cm³/mol. The number of hydrogen-bond donors (Lipinski definition) is 4. The molecule has 1 unspecified atom stereocenters. The number of aromatic amines is 1. The van der Waals surface area contributed by atoms with E-state index in [-0.39, 0.29) is 11.9 Å². The van der Waals surface area contributed by atoms with Gasteiger partial charge < -0.3 is 16.0 Å². The number of fused-ring (bicyclic) bond motifs is 1. The Morgan fingerprint density at radius 1 is 1.15 bits per heavy atom. The van der Waals surface area contributed by atoms with Crippen molar-refractivity contribution in [3.05, 3.63) is 60.0 Å². The van der Waals surface area contributed by atoms with Crippen LogP contribution in [-0.4, -0.2) is 49.6 Å². The van der Waals surface area contributed by atoms with Crippen LogP contribution in [0.15, 0.2) is 58.7 Å². The minimum absolute atomic E-state index is 0.0340. The Hall–Kier alpha value is -3.37. The van der Waals surface area contributed by atoms with Crippen LogP contribution in [0.2, 0.25) is 0 Å². The minimum atomic E-state index is -0.0340. The highest BCUT2D eigenvalue weighted by Gasteiger charge is 2.25. The molecule has 4 heterocycles. The molecule has 3 aromatic heterocycles. The van der Waals surface area contributed by atoms with Crippen molar-refractivity contribution < 1.29 is 4.79 Å². The molecule has 10 heteroatoms. The third-order valence-corrected chi connectivity index (χ3v) is 6.88. The van der Waals surface area contributed by atoms with Crippen molar-refractivity contribution in [3.8, 4) is 0 Å². The number of anilines is 2. The topological polar surface area (TPSA) is 112 Å². The van der Waals surface area contributed by atoms with Gasteiger partial charge in [-0.25, -0.2) is 9.97 Å². The fourth-order valence-corrected chi connectivity index (χ4v) is 4.81. The van der Waals surface area contributed by atoms with E-state index in [1.165, 1.54) is 30.3 Å². The summed E-state index contributed by atoms with van der Waals surface area (Å²) in [5.41, 5.74) is 2.63. The standard InChI is InChI=1S/C23H24N8OS/c32-22(26-16-7-8-24-13-16)15-3-5-17(6-4-15)33-21-12-20-25-9-10-31(20)23(28-21)27-19-11-18(29-30-19)14-1-2-14/h3-6,9-12,14,16,24H,1-2,7-8,13H2,(H,26,32)(H2,27,28,29,30). The second-order valence-electron chi connectivity index (χ2n) is 8.47. The molecule has 1 aliphatic carbocycles. The first kappa shape index (κ1) is 20.3. The molecule has 4 N–H and O–H groups in total. The zero-order valence-electron chi connectivity index (χ0n) is 17.9. The number of H-pyrrole nitrogens is 1. The highest BCUT2D eigenvalue weighted by atomic mass is 32.2. The van der Waals surface area contributed by atoms with Crippen molar-refractivity contribution in [2.24, 2.45) is 0 Å². The van der Waals surface area contributed by atoms with Crippen molar-refractivity contribution in [3.63, 3.8) is 0 Å². The van der Waals surface area contributed by atoms with Crippen molar-refractivity contribution in [2.75, 3.05) is 18.4 Å². The SMILES string of the molecule is O=C(NC1CCNC1)c1ccc(Sc2cc3nccn3c(Nc3cc(C4CC4)[nH]n3)n2)cc1. The lowest BCUT2D eigenvalue weighted by Crippen LogP contribution is -2.36. The van der Waals surface area contributed by atoms with Gasteiger partial charge in [0.25, 0.3) is 5.91 Å². The first-order valence-corrected chi connectivity index (χ1v) is 12.0. The van der Waals surface area contributed by atoms with Crippen LogP contribution in [-0.2, 0) is 0 Å². The third kappa shape index (κ3) is 4.44. The van der Waals surface area contributed by atoms with Crippen LogP contribution in [0.5, 0.6) is 0 Å². The lowest BCUT2D eigenvalue weighted by molar-refractivity contribution is 0.0940. The highest BCUT2D eigenvalue weighted by Crippen LogP contribution is 2.39. The van der Waals surface area contributed by atoms with E-state index in [2.05, 4.69) is 31.1 Å². The van der Waals surface area contributed by atoms with E-state index in [1.54, 1.807) is 6.20 Å². The second kappa shape index (κ2) is 8.53. The number of hydrogen-bond acceptors (Lipinski definition) is 7. The van der Waals surface area contributed by atoms with E-state index < -0.39 is 0 Å². The minimum Gasteiger partial charge on any atom is -0.348 e. The number of carbonyl (C=O) groups is 1. The summed E-state index contributed by atoms with van der Waals surface area (Å²) in [7, 11) is 0. The Bertz CT molecular complexity index is 1290. The van der Waals surface area contributed by atoms with E-state index >= 15 is 0 Å². The number of aromatic nitrogens is 5. The fraction of sp³-hybridized carbons (Fsp3) is 0.304. The van der Waals surface area contributed by atoms with Crippen molar-refractivity contribution in [1.29, 1.82) is 0 Å². The van der Waals surface area contributed by atoms with Gasteiger partial charge in [-0.2, -0.15) is 5.10 Å². The molecule has 0 radical (unpaired) electrons.